The van der Waals surface area contributed by atoms with Gasteiger partial charge in [-0.25, -0.2) is 14.6 Å². The Balaban J connectivity index is 1.17. The first kappa shape index (κ1) is 18.9. The van der Waals surface area contributed by atoms with Crippen LogP contribution in [0.5, 0.6) is 0 Å². The summed E-state index contributed by atoms with van der Waals surface area (Å²) in [6.07, 6.45) is 10.00. The van der Waals surface area contributed by atoms with Crippen LogP contribution in [0.2, 0.25) is 0 Å². The van der Waals surface area contributed by atoms with Crippen molar-refractivity contribution in [1.29, 1.82) is 0 Å². The van der Waals surface area contributed by atoms with Crippen molar-refractivity contribution in [3.63, 3.8) is 0 Å². The van der Waals surface area contributed by atoms with Crippen LogP contribution in [0.1, 0.15) is 24.3 Å². The minimum absolute atomic E-state index is 0.0783. The van der Waals surface area contributed by atoms with E-state index in [1.165, 1.54) is 18.4 Å². The molecular formula is C22H25N7O. The first-order valence-corrected chi connectivity index (χ1v) is 10.5. The quantitative estimate of drug-likeness (QED) is 0.621. The third-order valence-corrected chi connectivity index (χ3v) is 5.81. The Hall–Kier alpha value is -3.13. The maximum atomic E-state index is 12.2. The fourth-order valence-corrected chi connectivity index (χ4v) is 3.81. The molecule has 30 heavy (non-hydrogen) atoms. The van der Waals surface area contributed by atoms with Gasteiger partial charge >= 0.3 is 0 Å². The van der Waals surface area contributed by atoms with Crippen LogP contribution >= 0.6 is 0 Å². The van der Waals surface area contributed by atoms with Crippen LogP contribution in [-0.2, 0) is 6.54 Å². The highest BCUT2D eigenvalue weighted by atomic mass is 16.1. The average molecular weight is 403 g/mol. The molecule has 0 N–H and O–H groups in total. The minimum Gasteiger partial charge on any atom is -0.338 e. The topological polar surface area (TPSA) is 80.0 Å². The highest BCUT2D eigenvalue weighted by molar-refractivity contribution is 5.56. The van der Waals surface area contributed by atoms with Crippen molar-refractivity contribution in [2.24, 2.45) is 0 Å². The molecule has 8 nitrogen and oxygen atoms in total. The van der Waals surface area contributed by atoms with E-state index in [1.807, 2.05) is 24.5 Å². The number of rotatable bonds is 6. The van der Waals surface area contributed by atoms with E-state index >= 15 is 0 Å². The highest BCUT2D eigenvalue weighted by Gasteiger charge is 2.25. The molecule has 2 aliphatic rings. The molecule has 0 atom stereocenters. The van der Waals surface area contributed by atoms with Crippen LogP contribution in [0.4, 0.5) is 5.95 Å². The Morgan fingerprint density at radius 1 is 0.933 bits per heavy atom. The van der Waals surface area contributed by atoms with Crippen LogP contribution < -0.4 is 10.5 Å². The van der Waals surface area contributed by atoms with Gasteiger partial charge in [-0.3, -0.25) is 14.7 Å². The average Bonchev–Trinajstić information content (AvgIpc) is 3.65. The molecule has 0 amide bonds. The predicted molar refractivity (Wildman–Crippen MR) is 114 cm³/mol. The summed E-state index contributed by atoms with van der Waals surface area (Å²) < 4.78 is 1.55. The summed E-state index contributed by atoms with van der Waals surface area (Å²) in [7, 11) is 0. The summed E-state index contributed by atoms with van der Waals surface area (Å²) >= 11 is 0. The van der Waals surface area contributed by atoms with Gasteiger partial charge in [0.2, 0.25) is 5.95 Å². The summed E-state index contributed by atoms with van der Waals surface area (Å²) in [6, 6.07) is 7.15. The molecule has 0 unspecified atom stereocenters. The van der Waals surface area contributed by atoms with Gasteiger partial charge in [-0.2, -0.15) is 5.10 Å². The van der Waals surface area contributed by atoms with Crippen LogP contribution in [0.15, 0.2) is 53.8 Å². The molecule has 1 aliphatic heterocycles. The van der Waals surface area contributed by atoms with Crippen LogP contribution in [0, 0.1) is 0 Å². The fourth-order valence-electron chi connectivity index (χ4n) is 3.81. The van der Waals surface area contributed by atoms with Crippen molar-refractivity contribution in [2.45, 2.75) is 25.3 Å². The molecule has 1 saturated carbocycles. The van der Waals surface area contributed by atoms with E-state index in [1.54, 1.807) is 29.2 Å². The van der Waals surface area contributed by atoms with Crippen molar-refractivity contribution in [1.82, 2.24) is 29.6 Å². The lowest BCUT2D eigenvalue weighted by Gasteiger charge is -2.34. The van der Waals surface area contributed by atoms with Crippen LogP contribution in [0.3, 0.4) is 0 Å². The van der Waals surface area contributed by atoms with E-state index in [9.17, 15) is 4.79 Å². The molecule has 0 bridgehead atoms. The monoisotopic (exact) mass is 403 g/mol. The molecule has 2 fully saturated rings. The van der Waals surface area contributed by atoms with Gasteiger partial charge in [-0.1, -0.05) is 0 Å². The van der Waals surface area contributed by atoms with E-state index in [0.29, 0.717) is 12.5 Å². The zero-order valence-electron chi connectivity index (χ0n) is 16.9. The molecule has 1 aliphatic carbocycles. The third kappa shape index (κ3) is 4.23. The van der Waals surface area contributed by atoms with E-state index in [2.05, 4.69) is 29.9 Å². The van der Waals surface area contributed by atoms with Crippen molar-refractivity contribution in [3.05, 3.63) is 65.0 Å². The lowest BCUT2D eigenvalue weighted by atomic mass is 10.2. The Morgan fingerprint density at radius 3 is 2.43 bits per heavy atom. The zero-order chi connectivity index (χ0) is 20.3. The summed E-state index contributed by atoms with van der Waals surface area (Å²) in [5, 5.41) is 4.52. The van der Waals surface area contributed by atoms with Gasteiger partial charge in [0.05, 0.1) is 12.2 Å². The standard InChI is InChI=1S/C22H25N7O/c30-21-6-5-20(18-2-1-7-23-14-18)26-29(21)13-10-27-8-11-28(12-9-27)22-24-15-19(16-25-22)17-3-4-17/h1-2,5-7,14-17H,3-4,8-13H2. The number of nitrogens with zero attached hydrogens (tertiary/aromatic N) is 7. The molecule has 3 aromatic rings. The van der Waals surface area contributed by atoms with Crippen LogP contribution in [0.25, 0.3) is 11.3 Å². The van der Waals surface area contributed by atoms with Crippen molar-refractivity contribution in [2.75, 3.05) is 37.6 Å². The largest absolute Gasteiger partial charge is 0.338 e. The molecule has 8 heteroatoms. The van der Waals surface area contributed by atoms with Crippen molar-refractivity contribution >= 4 is 5.95 Å². The Kier molecular flexibility index (Phi) is 5.23. The van der Waals surface area contributed by atoms with Gasteiger partial charge in [-0.05, 0) is 42.5 Å². The predicted octanol–water partition coefficient (Wildman–Crippen LogP) is 1.79. The normalized spacial score (nSPS) is 17.3. The number of piperazine rings is 1. The molecular weight excluding hydrogens is 378 g/mol. The third-order valence-electron chi connectivity index (χ3n) is 5.81. The summed E-state index contributed by atoms with van der Waals surface area (Å²) in [5.41, 5.74) is 2.86. The second kappa shape index (κ2) is 8.31. The number of pyridine rings is 1. The van der Waals surface area contributed by atoms with E-state index in [0.717, 1.165) is 49.9 Å². The van der Waals surface area contributed by atoms with Crippen molar-refractivity contribution in [3.8, 4) is 11.3 Å². The second-order valence-corrected chi connectivity index (χ2v) is 7.94. The molecule has 5 rings (SSSR count). The Labute approximate surface area is 175 Å². The maximum Gasteiger partial charge on any atom is 0.266 e. The number of aromatic nitrogens is 5. The SMILES string of the molecule is O=c1ccc(-c2cccnc2)nn1CCN1CCN(c2ncc(C3CC3)cn2)CC1. The van der Waals surface area contributed by atoms with E-state index in [-0.39, 0.29) is 5.56 Å². The zero-order valence-corrected chi connectivity index (χ0v) is 16.9. The first-order valence-electron chi connectivity index (χ1n) is 10.5. The van der Waals surface area contributed by atoms with E-state index in [4.69, 9.17) is 0 Å². The van der Waals surface area contributed by atoms with Crippen LogP contribution in [-0.4, -0.2) is 62.4 Å². The number of hydrogen-bond donors (Lipinski definition) is 0. The Bertz CT molecular complexity index is 1040. The number of hydrogen-bond acceptors (Lipinski definition) is 7. The smallest absolute Gasteiger partial charge is 0.266 e. The summed E-state index contributed by atoms with van der Waals surface area (Å²) in [4.78, 5) is 30.1. The highest BCUT2D eigenvalue weighted by Crippen LogP contribution is 2.39. The molecule has 0 aromatic carbocycles. The second-order valence-electron chi connectivity index (χ2n) is 7.94. The lowest BCUT2D eigenvalue weighted by molar-refractivity contribution is 0.242. The lowest BCUT2D eigenvalue weighted by Crippen LogP contribution is -2.48. The maximum absolute atomic E-state index is 12.2. The molecule has 0 spiro atoms. The fraction of sp³-hybridized carbons (Fsp3) is 0.409. The molecule has 1 saturated heterocycles. The first-order chi connectivity index (χ1) is 14.8. The summed E-state index contributed by atoms with van der Waals surface area (Å²) in [5.74, 6) is 1.51. The Morgan fingerprint density at radius 2 is 1.73 bits per heavy atom. The van der Waals surface area contributed by atoms with E-state index < -0.39 is 0 Å². The van der Waals surface area contributed by atoms with Gasteiger partial charge < -0.3 is 4.90 Å². The molecule has 154 valence electrons. The van der Waals surface area contributed by atoms with Crippen molar-refractivity contribution < 1.29 is 0 Å². The van der Waals surface area contributed by atoms with Gasteiger partial charge in [0, 0.05) is 69.1 Å². The summed E-state index contributed by atoms with van der Waals surface area (Å²) in [6.45, 7) is 4.98. The minimum atomic E-state index is -0.0783. The van der Waals surface area contributed by atoms with Gasteiger partial charge in [-0.15, -0.1) is 0 Å². The van der Waals surface area contributed by atoms with Gasteiger partial charge in [0.15, 0.2) is 0 Å². The van der Waals surface area contributed by atoms with Gasteiger partial charge in [0.25, 0.3) is 5.56 Å². The molecule has 3 aromatic heterocycles. The number of anilines is 1. The molecule has 4 heterocycles. The molecule has 0 radical (unpaired) electrons. The van der Waals surface area contributed by atoms with Gasteiger partial charge in [0.1, 0.15) is 0 Å².